The maximum atomic E-state index is 13.3. The molecular weight excluding hydrogens is 259 g/mol. The molecule has 1 heterocycles. The van der Waals surface area contributed by atoms with E-state index in [1.165, 1.54) is 12.1 Å². The van der Waals surface area contributed by atoms with E-state index >= 15 is 0 Å². The molecule has 102 valence electrons. The van der Waals surface area contributed by atoms with Crippen molar-refractivity contribution in [2.45, 2.75) is 13.0 Å². The highest BCUT2D eigenvalue weighted by molar-refractivity contribution is 5.46. The molecule has 0 aliphatic rings. The fourth-order valence-corrected chi connectivity index (χ4v) is 1.48. The molecule has 0 unspecified atom stereocenters. The minimum atomic E-state index is -0.401. The number of aromatic nitrogens is 2. The Morgan fingerprint density at radius 1 is 1.25 bits per heavy atom. The molecule has 0 bridgehead atoms. The maximum Gasteiger partial charge on any atom is 0.166 e. The van der Waals surface area contributed by atoms with Gasteiger partial charge in [0.25, 0.3) is 0 Å². The minimum absolute atomic E-state index is 0.0117. The summed E-state index contributed by atoms with van der Waals surface area (Å²) >= 11 is 0. The highest BCUT2D eigenvalue weighted by atomic mass is 19.1. The molecule has 1 aromatic carbocycles. The van der Waals surface area contributed by atoms with Gasteiger partial charge in [-0.2, -0.15) is 0 Å². The van der Waals surface area contributed by atoms with Gasteiger partial charge in [0, 0.05) is 24.9 Å². The molecule has 1 aromatic heterocycles. The molecule has 0 spiro atoms. The first kappa shape index (κ1) is 14.0. The molecule has 1 N–H and O–H groups in total. The number of hydrogen-bond acceptors (Lipinski definition) is 4. The summed E-state index contributed by atoms with van der Waals surface area (Å²) in [5, 5.41) is 8.70. The van der Waals surface area contributed by atoms with Crippen molar-refractivity contribution in [2.75, 3.05) is 6.61 Å². The number of benzene rings is 1. The number of halogens is 1. The second kappa shape index (κ2) is 7.22. The van der Waals surface area contributed by atoms with Crippen LogP contribution in [0.25, 0.3) is 0 Å². The van der Waals surface area contributed by atoms with Crippen LogP contribution in [0.1, 0.15) is 17.8 Å². The SMILES string of the molecule is OCCC#Cc1ccc(F)cc1OCc1ncccn1. The van der Waals surface area contributed by atoms with E-state index < -0.39 is 5.82 Å². The number of ether oxygens (including phenoxy) is 1. The van der Waals surface area contributed by atoms with Crippen LogP contribution < -0.4 is 4.74 Å². The summed E-state index contributed by atoms with van der Waals surface area (Å²) in [7, 11) is 0. The molecule has 0 atom stereocenters. The van der Waals surface area contributed by atoms with E-state index in [1.807, 2.05) is 0 Å². The summed E-state index contributed by atoms with van der Waals surface area (Å²) in [5.74, 6) is 6.05. The number of aliphatic hydroxyl groups is 1. The van der Waals surface area contributed by atoms with Crippen LogP contribution in [0, 0.1) is 17.7 Å². The molecule has 2 aromatic rings. The van der Waals surface area contributed by atoms with Crippen LogP contribution in [0.2, 0.25) is 0 Å². The van der Waals surface area contributed by atoms with Gasteiger partial charge >= 0.3 is 0 Å². The number of hydrogen-bond donors (Lipinski definition) is 1. The van der Waals surface area contributed by atoms with E-state index in [-0.39, 0.29) is 13.2 Å². The van der Waals surface area contributed by atoms with Gasteiger partial charge in [0.05, 0.1) is 12.2 Å². The molecule has 20 heavy (non-hydrogen) atoms. The monoisotopic (exact) mass is 272 g/mol. The van der Waals surface area contributed by atoms with Gasteiger partial charge in [-0.1, -0.05) is 11.8 Å². The van der Waals surface area contributed by atoms with Crippen molar-refractivity contribution < 1.29 is 14.2 Å². The predicted octanol–water partition coefficient (Wildman–Crippen LogP) is 1.93. The Labute approximate surface area is 116 Å². The topological polar surface area (TPSA) is 55.2 Å². The van der Waals surface area contributed by atoms with Gasteiger partial charge in [-0.3, -0.25) is 0 Å². The lowest BCUT2D eigenvalue weighted by Crippen LogP contribution is -2.02. The third kappa shape index (κ3) is 4.04. The summed E-state index contributed by atoms with van der Waals surface area (Å²) < 4.78 is 18.8. The van der Waals surface area contributed by atoms with Crippen LogP contribution in [0.3, 0.4) is 0 Å². The van der Waals surface area contributed by atoms with Crippen LogP contribution in [-0.4, -0.2) is 21.7 Å². The van der Waals surface area contributed by atoms with Gasteiger partial charge in [-0.05, 0) is 18.2 Å². The van der Waals surface area contributed by atoms with E-state index in [0.29, 0.717) is 23.6 Å². The molecule has 0 saturated carbocycles. The van der Waals surface area contributed by atoms with E-state index in [0.717, 1.165) is 0 Å². The van der Waals surface area contributed by atoms with Crippen molar-refractivity contribution >= 4 is 0 Å². The van der Waals surface area contributed by atoms with Crippen molar-refractivity contribution in [1.82, 2.24) is 9.97 Å². The van der Waals surface area contributed by atoms with E-state index in [1.54, 1.807) is 24.5 Å². The second-order valence-corrected chi connectivity index (χ2v) is 3.87. The molecule has 0 fully saturated rings. The third-order valence-corrected chi connectivity index (χ3v) is 2.38. The average molecular weight is 272 g/mol. The van der Waals surface area contributed by atoms with E-state index in [4.69, 9.17) is 9.84 Å². The third-order valence-electron chi connectivity index (χ3n) is 2.38. The number of nitrogens with zero attached hydrogens (tertiary/aromatic N) is 2. The predicted molar refractivity (Wildman–Crippen MR) is 71.3 cm³/mol. The highest BCUT2D eigenvalue weighted by Crippen LogP contribution is 2.19. The summed E-state index contributed by atoms with van der Waals surface area (Å²) in [6.07, 6.45) is 3.58. The molecule has 0 aliphatic heterocycles. The van der Waals surface area contributed by atoms with Gasteiger partial charge in [-0.15, -0.1) is 0 Å². The Morgan fingerprint density at radius 2 is 2.05 bits per heavy atom. The first-order chi connectivity index (χ1) is 9.79. The van der Waals surface area contributed by atoms with Gasteiger partial charge in [0.1, 0.15) is 18.2 Å². The summed E-state index contributed by atoms with van der Waals surface area (Å²) in [6.45, 7) is 0.126. The summed E-state index contributed by atoms with van der Waals surface area (Å²) in [5.41, 5.74) is 0.566. The zero-order valence-corrected chi connectivity index (χ0v) is 10.7. The summed E-state index contributed by atoms with van der Waals surface area (Å²) in [4.78, 5) is 8.04. The molecule has 5 heteroatoms. The smallest absolute Gasteiger partial charge is 0.166 e. The highest BCUT2D eigenvalue weighted by Gasteiger charge is 2.05. The van der Waals surface area contributed by atoms with Crippen molar-refractivity contribution in [1.29, 1.82) is 0 Å². The number of rotatable bonds is 4. The van der Waals surface area contributed by atoms with Crippen LogP contribution in [0.4, 0.5) is 4.39 Å². The fraction of sp³-hybridized carbons (Fsp3) is 0.200. The Kier molecular flexibility index (Phi) is 5.04. The molecule has 0 amide bonds. The lowest BCUT2D eigenvalue weighted by atomic mass is 10.2. The zero-order chi connectivity index (χ0) is 14.2. The van der Waals surface area contributed by atoms with Crippen molar-refractivity contribution in [3.05, 3.63) is 53.9 Å². The molecule has 0 radical (unpaired) electrons. The maximum absolute atomic E-state index is 13.3. The molecule has 2 rings (SSSR count). The largest absolute Gasteiger partial charge is 0.484 e. The molecule has 4 nitrogen and oxygen atoms in total. The van der Waals surface area contributed by atoms with Crippen LogP contribution in [0.15, 0.2) is 36.7 Å². The lowest BCUT2D eigenvalue weighted by molar-refractivity contribution is 0.293. The summed E-state index contributed by atoms with van der Waals surface area (Å²) in [6, 6.07) is 5.83. The lowest BCUT2D eigenvalue weighted by Gasteiger charge is -2.07. The van der Waals surface area contributed by atoms with Gasteiger partial charge in [-0.25, -0.2) is 14.4 Å². The average Bonchev–Trinajstić information content (AvgIpc) is 2.48. The van der Waals surface area contributed by atoms with Crippen LogP contribution in [-0.2, 0) is 6.61 Å². The first-order valence-corrected chi connectivity index (χ1v) is 6.07. The Hall–Kier alpha value is -2.45. The second-order valence-electron chi connectivity index (χ2n) is 3.87. The minimum Gasteiger partial charge on any atom is -0.484 e. The van der Waals surface area contributed by atoms with Crippen molar-refractivity contribution in [3.63, 3.8) is 0 Å². The van der Waals surface area contributed by atoms with Gasteiger partial charge in [0.2, 0.25) is 0 Å². The van der Waals surface area contributed by atoms with Crippen molar-refractivity contribution in [3.8, 4) is 17.6 Å². The van der Waals surface area contributed by atoms with Gasteiger partial charge < -0.3 is 9.84 Å². The van der Waals surface area contributed by atoms with Crippen molar-refractivity contribution in [2.24, 2.45) is 0 Å². The number of aliphatic hydroxyl groups excluding tert-OH is 1. The normalized spacial score (nSPS) is 9.70. The molecular formula is C15H13FN2O2. The van der Waals surface area contributed by atoms with E-state index in [9.17, 15) is 4.39 Å². The van der Waals surface area contributed by atoms with Crippen LogP contribution >= 0.6 is 0 Å². The fourth-order valence-electron chi connectivity index (χ4n) is 1.48. The molecule has 0 aliphatic carbocycles. The molecule has 0 saturated heterocycles. The van der Waals surface area contributed by atoms with Gasteiger partial charge in [0.15, 0.2) is 5.82 Å². The Bertz CT molecular complexity index is 621. The zero-order valence-electron chi connectivity index (χ0n) is 10.7. The standard InChI is InChI=1S/C15H13FN2O2/c16-13-6-5-12(4-1-2-9-19)14(10-13)20-11-15-17-7-3-8-18-15/h3,5-8,10,19H,2,9,11H2. The Morgan fingerprint density at radius 3 is 2.80 bits per heavy atom. The first-order valence-electron chi connectivity index (χ1n) is 6.07. The Balaban J connectivity index is 2.13. The van der Waals surface area contributed by atoms with Crippen LogP contribution in [0.5, 0.6) is 5.75 Å². The quantitative estimate of drug-likeness (QED) is 0.864. The van der Waals surface area contributed by atoms with E-state index in [2.05, 4.69) is 21.8 Å².